The summed E-state index contributed by atoms with van der Waals surface area (Å²) in [7, 11) is 0. The zero-order chi connectivity index (χ0) is 13.5. The van der Waals surface area contributed by atoms with Gasteiger partial charge in [0.2, 0.25) is 0 Å². The van der Waals surface area contributed by atoms with Crippen LogP contribution in [-0.2, 0) is 9.53 Å². The largest absolute Gasteiger partial charge is 0.466 e. The molecule has 104 valence electrons. The molecule has 0 saturated heterocycles. The van der Waals surface area contributed by atoms with Gasteiger partial charge in [-0.25, -0.2) is 0 Å². The molecular weight excluding hydrogens is 224 g/mol. The second kappa shape index (κ2) is 14.0. The number of carbonyl (C=O) groups excluding carboxylic acids is 1. The van der Waals surface area contributed by atoms with E-state index in [1.54, 1.807) is 0 Å². The Morgan fingerprint density at radius 1 is 0.944 bits per heavy atom. The lowest BCUT2D eigenvalue weighted by Gasteiger charge is -2.01. The molecular formula is C16H28O2. The third-order valence-electron chi connectivity index (χ3n) is 2.69. The number of ether oxygens (including phenoxy) is 1. The van der Waals surface area contributed by atoms with Gasteiger partial charge in [-0.1, -0.05) is 56.9 Å². The van der Waals surface area contributed by atoms with E-state index in [1.807, 2.05) is 0 Å². The molecule has 0 radical (unpaired) electrons. The number of allylic oxidation sites excluding steroid dienone is 4. The molecule has 0 fully saturated rings. The van der Waals surface area contributed by atoms with Crippen LogP contribution in [0.4, 0.5) is 0 Å². The molecule has 0 unspecified atom stereocenters. The Morgan fingerprint density at radius 2 is 1.56 bits per heavy atom. The molecule has 0 saturated carbocycles. The van der Waals surface area contributed by atoms with Crippen molar-refractivity contribution in [3.63, 3.8) is 0 Å². The summed E-state index contributed by atoms with van der Waals surface area (Å²) < 4.78 is 4.88. The summed E-state index contributed by atoms with van der Waals surface area (Å²) in [4.78, 5) is 10.5. The number of carbonyl (C=O) groups is 1. The van der Waals surface area contributed by atoms with Gasteiger partial charge in [0.25, 0.3) is 0 Å². The summed E-state index contributed by atoms with van der Waals surface area (Å²) in [5.74, 6) is -0.168. The summed E-state index contributed by atoms with van der Waals surface area (Å²) in [5.41, 5.74) is 0. The Bertz CT molecular complexity index is 241. The quantitative estimate of drug-likeness (QED) is 0.300. The van der Waals surface area contributed by atoms with Crippen LogP contribution in [0.25, 0.3) is 0 Å². The molecule has 0 N–H and O–H groups in total. The van der Waals surface area contributed by atoms with Crippen LogP contribution in [0.2, 0.25) is 0 Å². The van der Waals surface area contributed by atoms with Crippen molar-refractivity contribution < 1.29 is 9.53 Å². The van der Waals surface area contributed by atoms with Crippen LogP contribution in [0.3, 0.4) is 0 Å². The fourth-order valence-electron chi connectivity index (χ4n) is 1.68. The van der Waals surface area contributed by atoms with E-state index in [0.29, 0.717) is 6.61 Å². The Kier molecular flexibility index (Phi) is 13.2. The van der Waals surface area contributed by atoms with E-state index in [4.69, 9.17) is 4.74 Å². The van der Waals surface area contributed by atoms with Crippen molar-refractivity contribution in [2.75, 3.05) is 6.61 Å². The van der Waals surface area contributed by atoms with E-state index in [9.17, 15) is 4.79 Å². The molecule has 0 aromatic carbocycles. The summed E-state index contributed by atoms with van der Waals surface area (Å²) in [6.45, 7) is 4.19. The molecule has 0 aliphatic heterocycles. The molecule has 2 nitrogen and oxygen atoms in total. The van der Waals surface area contributed by atoms with Crippen LogP contribution in [0.5, 0.6) is 0 Å². The van der Waals surface area contributed by atoms with Gasteiger partial charge in [0.05, 0.1) is 6.61 Å². The predicted molar refractivity (Wildman–Crippen MR) is 77.5 cm³/mol. The Labute approximate surface area is 112 Å². The molecule has 0 aromatic rings. The number of esters is 1. The third-order valence-corrected chi connectivity index (χ3v) is 2.69. The maximum Gasteiger partial charge on any atom is 0.302 e. The van der Waals surface area contributed by atoms with Gasteiger partial charge < -0.3 is 4.74 Å². The topological polar surface area (TPSA) is 26.3 Å². The normalized spacial score (nSPS) is 11.4. The minimum atomic E-state index is -0.168. The first-order valence-corrected chi connectivity index (χ1v) is 7.22. The third kappa shape index (κ3) is 14.9. The van der Waals surface area contributed by atoms with Crippen LogP contribution in [0, 0.1) is 0 Å². The van der Waals surface area contributed by atoms with Crippen LogP contribution in [-0.4, -0.2) is 12.6 Å². The maximum atomic E-state index is 10.5. The number of hydrogen-bond acceptors (Lipinski definition) is 2. The van der Waals surface area contributed by atoms with Gasteiger partial charge in [0, 0.05) is 6.92 Å². The van der Waals surface area contributed by atoms with Crippen LogP contribution >= 0.6 is 0 Å². The predicted octanol–water partition coefficient (Wildman–Crippen LogP) is 4.80. The Balaban J connectivity index is 3.09. The van der Waals surface area contributed by atoms with E-state index < -0.39 is 0 Å². The first kappa shape index (κ1) is 16.9. The van der Waals surface area contributed by atoms with Crippen molar-refractivity contribution in [1.29, 1.82) is 0 Å². The Morgan fingerprint density at radius 3 is 2.22 bits per heavy atom. The average Bonchev–Trinajstić information content (AvgIpc) is 2.34. The molecule has 0 aliphatic rings. The Hall–Kier alpha value is -1.05. The first-order chi connectivity index (χ1) is 8.77. The molecule has 0 aromatic heterocycles. The highest BCUT2D eigenvalue weighted by Crippen LogP contribution is 2.07. The molecule has 18 heavy (non-hydrogen) atoms. The zero-order valence-electron chi connectivity index (χ0n) is 12.0. The number of hydrogen-bond donors (Lipinski definition) is 0. The fraction of sp³-hybridized carbons (Fsp3) is 0.688. The minimum Gasteiger partial charge on any atom is -0.466 e. The zero-order valence-corrected chi connectivity index (χ0v) is 12.0. The van der Waals surface area contributed by atoms with E-state index in [2.05, 4.69) is 31.2 Å². The van der Waals surface area contributed by atoms with Crippen LogP contribution < -0.4 is 0 Å². The van der Waals surface area contributed by atoms with E-state index in [-0.39, 0.29) is 5.97 Å². The van der Waals surface area contributed by atoms with Gasteiger partial charge in [0.1, 0.15) is 0 Å². The van der Waals surface area contributed by atoms with Gasteiger partial charge in [0.15, 0.2) is 0 Å². The molecule has 0 spiro atoms. The second-order valence-electron chi connectivity index (χ2n) is 4.51. The number of unbranched alkanes of at least 4 members (excludes halogenated alkanes) is 6. The second-order valence-corrected chi connectivity index (χ2v) is 4.51. The van der Waals surface area contributed by atoms with Crippen molar-refractivity contribution in [1.82, 2.24) is 0 Å². The highest BCUT2D eigenvalue weighted by Gasteiger charge is 1.93. The van der Waals surface area contributed by atoms with E-state index >= 15 is 0 Å². The summed E-state index contributed by atoms with van der Waals surface area (Å²) >= 11 is 0. The highest BCUT2D eigenvalue weighted by atomic mass is 16.5. The summed E-state index contributed by atoms with van der Waals surface area (Å²) in [5, 5.41) is 0. The van der Waals surface area contributed by atoms with Gasteiger partial charge in [-0.05, 0) is 25.7 Å². The summed E-state index contributed by atoms with van der Waals surface area (Å²) in [6.07, 6.45) is 18.3. The van der Waals surface area contributed by atoms with Crippen molar-refractivity contribution in [3.8, 4) is 0 Å². The van der Waals surface area contributed by atoms with Crippen molar-refractivity contribution >= 4 is 5.97 Å². The van der Waals surface area contributed by atoms with Gasteiger partial charge >= 0.3 is 5.97 Å². The lowest BCUT2D eigenvalue weighted by molar-refractivity contribution is -0.141. The fourth-order valence-corrected chi connectivity index (χ4v) is 1.68. The summed E-state index contributed by atoms with van der Waals surface area (Å²) in [6, 6.07) is 0. The minimum absolute atomic E-state index is 0.168. The smallest absolute Gasteiger partial charge is 0.302 e. The van der Waals surface area contributed by atoms with Crippen molar-refractivity contribution in [2.24, 2.45) is 0 Å². The van der Waals surface area contributed by atoms with Crippen molar-refractivity contribution in [2.45, 2.75) is 65.2 Å². The molecule has 0 aliphatic carbocycles. The van der Waals surface area contributed by atoms with Crippen LogP contribution in [0.15, 0.2) is 24.3 Å². The van der Waals surface area contributed by atoms with Crippen LogP contribution in [0.1, 0.15) is 65.2 Å². The highest BCUT2D eigenvalue weighted by molar-refractivity contribution is 5.65. The number of rotatable bonds is 11. The van der Waals surface area contributed by atoms with E-state index in [1.165, 1.54) is 45.4 Å². The average molecular weight is 252 g/mol. The molecule has 0 amide bonds. The standard InChI is InChI=1S/C16H28O2/c1-3-4-5-6-7-8-9-10-11-12-13-14-15-18-16(2)17/h4-7H,3,8-15H2,1-2H3/b5-4+,7-6+. The monoisotopic (exact) mass is 252 g/mol. The van der Waals surface area contributed by atoms with Gasteiger partial charge in [-0.2, -0.15) is 0 Å². The molecule has 0 rings (SSSR count). The van der Waals surface area contributed by atoms with Gasteiger partial charge in [-0.3, -0.25) is 4.79 Å². The van der Waals surface area contributed by atoms with E-state index in [0.717, 1.165) is 12.8 Å². The van der Waals surface area contributed by atoms with Gasteiger partial charge in [-0.15, -0.1) is 0 Å². The molecule has 0 atom stereocenters. The SMILES string of the molecule is CC/C=C/C=C/CCCCCCCCOC(C)=O. The van der Waals surface area contributed by atoms with Crippen molar-refractivity contribution in [3.05, 3.63) is 24.3 Å². The molecule has 0 bridgehead atoms. The first-order valence-electron chi connectivity index (χ1n) is 7.22. The maximum absolute atomic E-state index is 10.5. The molecule has 2 heteroatoms. The lowest BCUT2D eigenvalue weighted by atomic mass is 10.1. The molecule has 0 heterocycles. The lowest BCUT2D eigenvalue weighted by Crippen LogP contribution is -1.99.